The summed E-state index contributed by atoms with van der Waals surface area (Å²) >= 11 is 1.55. The summed E-state index contributed by atoms with van der Waals surface area (Å²) in [5.41, 5.74) is 2.98. The van der Waals surface area contributed by atoms with Crippen LogP contribution in [-0.2, 0) is 0 Å². The van der Waals surface area contributed by atoms with Crippen molar-refractivity contribution in [3.63, 3.8) is 0 Å². The van der Waals surface area contributed by atoms with Gasteiger partial charge in [-0.2, -0.15) is 5.10 Å². The minimum atomic E-state index is 0.814. The van der Waals surface area contributed by atoms with E-state index in [1.165, 1.54) is 5.57 Å². The lowest BCUT2D eigenvalue weighted by Gasteiger charge is -2.09. The molecule has 0 aliphatic carbocycles. The van der Waals surface area contributed by atoms with Crippen LogP contribution >= 0.6 is 11.9 Å². The Kier molecular flexibility index (Phi) is 10.5. The van der Waals surface area contributed by atoms with E-state index < -0.39 is 0 Å². The summed E-state index contributed by atoms with van der Waals surface area (Å²) < 4.78 is 4.36. The molecule has 5 heteroatoms. The Hall–Kier alpha value is -1.49. The van der Waals surface area contributed by atoms with Gasteiger partial charge in [-0.05, 0) is 38.4 Å². The van der Waals surface area contributed by atoms with E-state index in [4.69, 9.17) is 0 Å². The first kappa shape index (κ1) is 18.5. The molecule has 0 atom stereocenters. The molecule has 4 nitrogen and oxygen atoms in total. The van der Waals surface area contributed by atoms with Crippen molar-refractivity contribution >= 4 is 23.9 Å². The Morgan fingerprint density at radius 2 is 2.05 bits per heavy atom. The molecule has 0 spiro atoms. The molecule has 0 saturated carbocycles. The fourth-order valence-corrected chi connectivity index (χ4v) is 1.72. The SMILES string of the molecule is C=CN/C=C(C=C(C)C)/C(/C=N/SCCC)=N/N(C)C. The van der Waals surface area contributed by atoms with Crippen LogP contribution in [0.1, 0.15) is 27.2 Å². The van der Waals surface area contributed by atoms with Crippen LogP contribution in [0.5, 0.6) is 0 Å². The average molecular weight is 294 g/mol. The molecule has 0 aromatic rings. The van der Waals surface area contributed by atoms with E-state index in [9.17, 15) is 0 Å². The molecule has 0 radical (unpaired) electrons. The number of nitrogens with one attached hydrogen (secondary N) is 1. The van der Waals surface area contributed by atoms with Crippen molar-refractivity contribution in [2.24, 2.45) is 9.50 Å². The van der Waals surface area contributed by atoms with Crippen LogP contribution in [0.2, 0.25) is 0 Å². The maximum Gasteiger partial charge on any atom is 0.111 e. The first-order chi connectivity index (χ1) is 9.51. The third-order valence-electron chi connectivity index (χ3n) is 1.95. The number of allylic oxidation sites excluding steroid dienone is 3. The minimum absolute atomic E-state index is 0.814. The Bertz CT molecular complexity index is 402. The van der Waals surface area contributed by atoms with Gasteiger partial charge in [0, 0.05) is 31.6 Å². The fourth-order valence-electron chi connectivity index (χ4n) is 1.25. The molecule has 0 saturated heterocycles. The van der Waals surface area contributed by atoms with E-state index in [2.05, 4.69) is 48.2 Å². The van der Waals surface area contributed by atoms with Crippen molar-refractivity contribution in [3.05, 3.63) is 36.2 Å². The molecule has 0 fully saturated rings. The third-order valence-corrected chi connectivity index (χ3v) is 2.79. The van der Waals surface area contributed by atoms with E-state index >= 15 is 0 Å². The number of nitrogens with zero attached hydrogens (tertiary/aromatic N) is 3. The molecule has 20 heavy (non-hydrogen) atoms. The van der Waals surface area contributed by atoms with Gasteiger partial charge in [-0.3, -0.25) is 0 Å². The summed E-state index contributed by atoms with van der Waals surface area (Å²) in [5, 5.41) is 9.25. The van der Waals surface area contributed by atoms with Crippen LogP contribution in [0.25, 0.3) is 0 Å². The van der Waals surface area contributed by atoms with E-state index in [-0.39, 0.29) is 0 Å². The van der Waals surface area contributed by atoms with E-state index in [1.807, 2.05) is 20.3 Å². The van der Waals surface area contributed by atoms with Gasteiger partial charge in [0.1, 0.15) is 5.71 Å². The van der Waals surface area contributed by atoms with Crippen LogP contribution in [0, 0.1) is 0 Å². The van der Waals surface area contributed by atoms with Crippen LogP contribution in [0.3, 0.4) is 0 Å². The highest BCUT2D eigenvalue weighted by Crippen LogP contribution is 2.07. The van der Waals surface area contributed by atoms with Crippen LogP contribution < -0.4 is 5.32 Å². The van der Waals surface area contributed by atoms with Gasteiger partial charge < -0.3 is 10.3 Å². The van der Waals surface area contributed by atoms with Crippen LogP contribution in [-0.4, -0.2) is 36.8 Å². The molecule has 0 aromatic heterocycles. The fraction of sp³-hybridized carbons (Fsp3) is 0.467. The van der Waals surface area contributed by atoms with Crippen LogP contribution in [0.4, 0.5) is 0 Å². The first-order valence-electron chi connectivity index (χ1n) is 6.64. The summed E-state index contributed by atoms with van der Waals surface area (Å²) in [5.74, 6) is 1.01. The molecule has 0 rings (SSSR count). The molecule has 112 valence electrons. The van der Waals surface area contributed by atoms with Gasteiger partial charge >= 0.3 is 0 Å². The van der Waals surface area contributed by atoms with Crippen molar-refractivity contribution in [3.8, 4) is 0 Å². The number of hydrazone groups is 1. The van der Waals surface area contributed by atoms with E-state index in [0.29, 0.717) is 0 Å². The summed E-state index contributed by atoms with van der Waals surface area (Å²) in [6.07, 6.45) is 8.48. The molecule has 0 amide bonds. The summed E-state index contributed by atoms with van der Waals surface area (Å²) in [4.78, 5) is 0. The number of rotatable bonds is 9. The Morgan fingerprint density at radius 1 is 1.35 bits per heavy atom. The van der Waals surface area contributed by atoms with E-state index in [0.717, 1.165) is 23.5 Å². The third kappa shape index (κ3) is 9.44. The normalized spacial score (nSPS) is 12.4. The lowest BCUT2D eigenvalue weighted by Crippen LogP contribution is -2.13. The molecule has 0 heterocycles. The monoisotopic (exact) mass is 294 g/mol. The van der Waals surface area contributed by atoms with Crippen LogP contribution in [0.15, 0.2) is 45.7 Å². The van der Waals surface area contributed by atoms with Crippen molar-refractivity contribution in [1.82, 2.24) is 10.3 Å². The zero-order valence-corrected chi connectivity index (χ0v) is 14.0. The molecule has 1 N–H and O–H groups in total. The molecule has 0 aliphatic heterocycles. The first-order valence-corrected chi connectivity index (χ1v) is 7.59. The lowest BCUT2D eigenvalue weighted by atomic mass is 10.1. The van der Waals surface area contributed by atoms with Gasteiger partial charge in [-0.25, -0.2) is 4.40 Å². The highest BCUT2D eigenvalue weighted by molar-refractivity contribution is 7.98. The summed E-state index contributed by atoms with van der Waals surface area (Å²) in [7, 11) is 3.79. The minimum Gasteiger partial charge on any atom is -0.368 e. The van der Waals surface area contributed by atoms with Gasteiger partial charge in [0.25, 0.3) is 0 Å². The lowest BCUT2D eigenvalue weighted by molar-refractivity contribution is 0.439. The maximum absolute atomic E-state index is 4.48. The van der Waals surface area contributed by atoms with Gasteiger partial charge in [0.05, 0.1) is 6.21 Å². The topological polar surface area (TPSA) is 40.0 Å². The highest BCUT2D eigenvalue weighted by atomic mass is 32.2. The van der Waals surface area contributed by atoms with Gasteiger partial charge in [0.15, 0.2) is 0 Å². The Morgan fingerprint density at radius 3 is 2.55 bits per heavy atom. The van der Waals surface area contributed by atoms with Gasteiger partial charge in [-0.1, -0.05) is 25.2 Å². The van der Waals surface area contributed by atoms with E-state index in [1.54, 1.807) is 29.4 Å². The summed E-state index contributed by atoms with van der Waals surface area (Å²) in [6, 6.07) is 0. The second-order valence-electron chi connectivity index (χ2n) is 4.59. The average Bonchev–Trinajstić information content (AvgIpc) is 2.37. The molecule has 0 unspecified atom stereocenters. The predicted molar refractivity (Wildman–Crippen MR) is 93.2 cm³/mol. The second kappa shape index (κ2) is 11.3. The molecule has 0 aliphatic rings. The highest BCUT2D eigenvalue weighted by Gasteiger charge is 2.03. The smallest absolute Gasteiger partial charge is 0.111 e. The largest absolute Gasteiger partial charge is 0.368 e. The Labute approximate surface area is 127 Å². The number of hydrogen-bond acceptors (Lipinski definition) is 5. The molecule has 0 bridgehead atoms. The van der Waals surface area contributed by atoms with Crippen molar-refractivity contribution < 1.29 is 0 Å². The van der Waals surface area contributed by atoms with Gasteiger partial charge in [0.2, 0.25) is 0 Å². The predicted octanol–water partition coefficient (Wildman–Crippen LogP) is 3.62. The van der Waals surface area contributed by atoms with Crippen molar-refractivity contribution in [2.45, 2.75) is 27.2 Å². The molecular weight excluding hydrogens is 268 g/mol. The quantitative estimate of drug-likeness (QED) is 0.232. The zero-order valence-electron chi connectivity index (χ0n) is 13.2. The van der Waals surface area contributed by atoms with Crippen molar-refractivity contribution in [1.29, 1.82) is 0 Å². The van der Waals surface area contributed by atoms with Gasteiger partial charge in [-0.15, -0.1) is 0 Å². The zero-order chi connectivity index (χ0) is 15.4. The Balaban J connectivity index is 5.27. The molecular formula is C15H26N4S. The maximum atomic E-state index is 4.48. The van der Waals surface area contributed by atoms with Crippen molar-refractivity contribution in [2.75, 3.05) is 19.8 Å². The molecule has 0 aromatic carbocycles. The number of hydrogen-bond donors (Lipinski definition) is 1. The standard InChI is InChI=1S/C15H26N4S/c1-7-9-20-17-12-15(18-19(5)6)14(10-13(3)4)11-16-8-2/h8,10-12,16H,2,7,9H2,1,3-6H3/b14-11+,17-12+,18-15+. The second-order valence-corrected chi connectivity index (χ2v) is 5.47. The summed E-state index contributed by atoms with van der Waals surface area (Å²) in [6.45, 7) is 9.90.